The van der Waals surface area contributed by atoms with Crippen molar-refractivity contribution in [3.63, 3.8) is 0 Å². The molecule has 6 rings (SSSR count). The summed E-state index contributed by atoms with van der Waals surface area (Å²) in [4.78, 5) is 28.0. The van der Waals surface area contributed by atoms with Crippen LogP contribution in [-0.2, 0) is 25.6 Å². The molecule has 2 aliphatic heterocycles. The molecule has 2 fully saturated rings. The van der Waals surface area contributed by atoms with Gasteiger partial charge in [-0.25, -0.2) is 4.79 Å². The van der Waals surface area contributed by atoms with Crippen LogP contribution in [0.1, 0.15) is 69.1 Å². The molecule has 0 radical (unpaired) electrons. The summed E-state index contributed by atoms with van der Waals surface area (Å²) < 4.78 is 24.6. The number of rotatable bonds is 10. The molecule has 0 aliphatic carbocycles. The summed E-state index contributed by atoms with van der Waals surface area (Å²) in [6, 6.07) is 31.1. The number of hydrogen-bond donors (Lipinski definition) is 3. The average Bonchev–Trinajstić information content (AvgIpc) is 3.57. The van der Waals surface area contributed by atoms with Crippen molar-refractivity contribution < 1.29 is 33.6 Å². The Morgan fingerprint density at radius 2 is 1.44 bits per heavy atom. The van der Waals surface area contributed by atoms with E-state index in [1.807, 2.05) is 99.6 Å². The molecule has 0 aromatic heterocycles. The van der Waals surface area contributed by atoms with Gasteiger partial charge in [-0.2, -0.15) is 0 Å². The van der Waals surface area contributed by atoms with E-state index in [0.29, 0.717) is 30.1 Å². The summed E-state index contributed by atoms with van der Waals surface area (Å²) in [7, 11) is 0. The Bertz CT molecular complexity index is 1710. The number of carbonyl (C=O) groups is 2. The van der Waals surface area contributed by atoms with E-state index in [1.165, 1.54) is 0 Å². The number of likely N-dealkylation sites (tertiary alicyclic amines) is 1. The minimum absolute atomic E-state index is 0.0322. The molecule has 4 atom stereocenters. The van der Waals surface area contributed by atoms with Crippen LogP contribution in [0.15, 0.2) is 103 Å². The van der Waals surface area contributed by atoms with Crippen LogP contribution in [0.2, 0.25) is 0 Å². The molecule has 0 saturated carbocycles. The van der Waals surface area contributed by atoms with Crippen LogP contribution in [0.25, 0.3) is 0 Å². The second-order valence-electron chi connectivity index (χ2n) is 13.7. The average molecular weight is 680 g/mol. The number of nitrogens with one attached hydrogen (secondary N) is 2. The van der Waals surface area contributed by atoms with Gasteiger partial charge in [0.1, 0.15) is 23.1 Å². The maximum Gasteiger partial charge on any atom is 0.323 e. The highest BCUT2D eigenvalue weighted by Crippen LogP contribution is 2.39. The molecule has 2 saturated heterocycles. The Labute approximate surface area is 293 Å². The third kappa shape index (κ3) is 9.48. The number of para-hydroxylation sites is 1. The number of hydrogen-bond acceptors (Lipinski definition) is 8. The van der Waals surface area contributed by atoms with Crippen LogP contribution in [0.5, 0.6) is 11.5 Å². The molecule has 0 spiro atoms. The normalized spacial score (nSPS) is 21.0. The first kappa shape index (κ1) is 35.1. The van der Waals surface area contributed by atoms with Gasteiger partial charge in [-0.1, -0.05) is 54.6 Å². The first-order valence-corrected chi connectivity index (χ1v) is 17.1. The highest BCUT2D eigenvalue weighted by molar-refractivity contribution is 5.99. The molecule has 2 aliphatic rings. The molecule has 10 nitrogen and oxygen atoms in total. The lowest BCUT2D eigenvalue weighted by Crippen LogP contribution is -2.45. The van der Waals surface area contributed by atoms with E-state index in [2.05, 4.69) is 15.5 Å². The van der Waals surface area contributed by atoms with Crippen LogP contribution in [0.4, 0.5) is 16.2 Å². The fourth-order valence-electron chi connectivity index (χ4n) is 6.22. The number of benzene rings is 4. The van der Waals surface area contributed by atoms with Gasteiger partial charge in [0.2, 0.25) is 0 Å². The largest absolute Gasteiger partial charge is 0.459 e. The van der Waals surface area contributed by atoms with Crippen LogP contribution < -0.4 is 15.4 Å². The Hall–Kier alpha value is -4.74. The predicted molar refractivity (Wildman–Crippen MR) is 191 cm³/mol. The van der Waals surface area contributed by atoms with Gasteiger partial charge in [-0.3, -0.25) is 9.69 Å². The lowest BCUT2D eigenvalue weighted by molar-refractivity contribution is -0.253. The minimum Gasteiger partial charge on any atom is -0.459 e. The van der Waals surface area contributed by atoms with Crippen LogP contribution in [-0.4, -0.2) is 52.8 Å². The van der Waals surface area contributed by atoms with Crippen molar-refractivity contribution in [3.05, 3.63) is 120 Å². The summed E-state index contributed by atoms with van der Waals surface area (Å²) in [5.74, 6) is 1.20. The van der Waals surface area contributed by atoms with Gasteiger partial charge in [0.05, 0.1) is 18.8 Å². The maximum atomic E-state index is 13.0. The van der Waals surface area contributed by atoms with E-state index in [0.717, 1.165) is 41.8 Å². The number of urea groups is 1. The van der Waals surface area contributed by atoms with Crippen molar-refractivity contribution in [2.75, 3.05) is 23.7 Å². The molecule has 2 amide bonds. The van der Waals surface area contributed by atoms with Crippen molar-refractivity contribution in [1.29, 1.82) is 0 Å². The number of carbonyl (C=O) groups excluding carboxylic acids is 2. The van der Waals surface area contributed by atoms with Crippen molar-refractivity contribution >= 4 is 23.4 Å². The molecule has 4 aromatic rings. The number of aliphatic hydroxyl groups excluding tert-OH is 1. The Morgan fingerprint density at radius 3 is 2.08 bits per heavy atom. The number of aliphatic hydroxyl groups is 1. The highest BCUT2D eigenvalue weighted by atomic mass is 16.7. The second kappa shape index (κ2) is 15.9. The van der Waals surface area contributed by atoms with Crippen molar-refractivity contribution in [3.8, 4) is 11.5 Å². The van der Waals surface area contributed by atoms with E-state index < -0.39 is 11.9 Å². The van der Waals surface area contributed by atoms with Crippen molar-refractivity contribution in [1.82, 2.24) is 4.90 Å². The van der Waals surface area contributed by atoms with E-state index in [4.69, 9.17) is 18.9 Å². The standard InChI is InChI=1S/C40H45N3O7/c1-40(2,3)50-37(45)35-10-7-23-43(35)25-34-24-36(28-13-11-27(26-44)12-14-28)49-38(48-34)29-15-17-30(18-16-29)41-39(46)42-31-19-21-33(22-20-31)47-32-8-5-4-6-9-32/h4-6,8-9,11-22,34-36,38,44H,7,10,23-26H2,1-3H3,(H2,41,42,46)/t34-,35+,36+,38+/m1/s1. The molecule has 4 aromatic carbocycles. The van der Waals surface area contributed by atoms with Crippen molar-refractivity contribution in [2.45, 2.75) is 76.8 Å². The maximum absolute atomic E-state index is 13.0. The lowest BCUT2D eigenvalue weighted by Gasteiger charge is -2.38. The van der Waals surface area contributed by atoms with Crippen LogP contribution in [0.3, 0.4) is 0 Å². The summed E-state index contributed by atoms with van der Waals surface area (Å²) in [6.07, 6.45) is 1.13. The van der Waals surface area contributed by atoms with E-state index in [1.54, 1.807) is 24.3 Å². The SMILES string of the molecule is CC(C)(C)OC(=O)[C@@H]1CCCN1C[C@H]1C[C@@H](c2ccc(CO)cc2)O[C@@H](c2ccc(NC(=O)Nc3ccc(Oc4ccccc4)cc3)cc2)O1. The molecule has 262 valence electrons. The third-order valence-electron chi connectivity index (χ3n) is 8.63. The number of amides is 2. The minimum atomic E-state index is -0.668. The topological polar surface area (TPSA) is 119 Å². The fourth-order valence-corrected chi connectivity index (χ4v) is 6.22. The number of nitrogens with zero attached hydrogens (tertiary/aromatic N) is 1. The van der Waals surface area contributed by atoms with Gasteiger partial charge in [0.15, 0.2) is 6.29 Å². The van der Waals surface area contributed by atoms with E-state index in [-0.39, 0.29) is 36.9 Å². The summed E-state index contributed by atoms with van der Waals surface area (Å²) in [6.45, 7) is 6.98. The van der Waals surface area contributed by atoms with Gasteiger partial charge in [0.25, 0.3) is 0 Å². The number of ether oxygens (including phenoxy) is 4. The fraction of sp³-hybridized carbons (Fsp3) is 0.350. The van der Waals surface area contributed by atoms with E-state index >= 15 is 0 Å². The Balaban J connectivity index is 1.10. The smallest absolute Gasteiger partial charge is 0.323 e. The zero-order chi connectivity index (χ0) is 35.1. The van der Waals surface area contributed by atoms with Gasteiger partial charge in [-0.05, 0) is 99.8 Å². The summed E-state index contributed by atoms with van der Waals surface area (Å²) >= 11 is 0. The molecule has 50 heavy (non-hydrogen) atoms. The van der Waals surface area contributed by atoms with Gasteiger partial charge >= 0.3 is 12.0 Å². The lowest BCUT2D eigenvalue weighted by atomic mass is 9.99. The molecule has 0 bridgehead atoms. The summed E-state index contributed by atoms with van der Waals surface area (Å²) in [5.41, 5.74) is 3.29. The van der Waals surface area contributed by atoms with E-state index in [9.17, 15) is 14.7 Å². The number of esters is 1. The zero-order valence-electron chi connectivity index (χ0n) is 28.7. The molecule has 3 N–H and O–H groups in total. The van der Waals surface area contributed by atoms with Gasteiger partial charge in [0, 0.05) is 29.9 Å². The molecule has 0 unspecified atom stereocenters. The molecular weight excluding hydrogens is 634 g/mol. The molecular formula is C40H45N3O7. The van der Waals surface area contributed by atoms with Gasteiger partial charge < -0.3 is 34.7 Å². The Kier molecular flexibility index (Phi) is 11.1. The predicted octanol–water partition coefficient (Wildman–Crippen LogP) is 7.97. The first-order valence-electron chi connectivity index (χ1n) is 17.1. The molecule has 2 heterocycles. The third-order valence-corrected chi connectivity index (χ3v) is 8.63. The number of anilines is 2. The Morgan fingerprint density at radius 1 is 0.820 bits per heavy atom. The quantitative estimate of drug-likeness (QED) is 0.145. The summed E-state index contributed by atoms with van der Waals surface area (Å²) in [5, 5.41) is 15.3. The molecule has 10 heteroatoms. The first-order chi connectivity index (χ1) is 24.1. The van der Waals surface area contributed by atoms with Gasteiger partial charge in [-0.15, -0.1) is 0 Å². The highest BCUT2D eigenvalue weighted by Gasteiger charge is 2.39. The van der Waals surface area contributed by atoms with Crippen LogP contribution >= 0.6 is 0 Å². The van der Waals surface area contributed by atoms with Crippen LogP contribution in [0, 0.1) is 0 Å². The van der Waals surface area contributed by atoms with Crippen molar-refractivity contribution in [2.24, 2.45) is 0 Å². The second-order valence-corrected chi connectivity index (χ2v) is 13.7. The zero-order valence-corrected chi connectivity index (χ0v) is 28.7. The monoisotopic (exact) mass is 679 g/mol.